The molecule has 0 spiro atoms. The van der Waals surface area contributed by atoms with E-state index in [1.807, 2.05) is 24.3 Å². The first-order chi connectivity index (χ1) is 10.2. The second kappa shape index (κ2) is 6.12. The predicted octanol–water partition coefficient (Wildman–Crippen LogP) is 5.48. The van der Waals surface area contributed by atoms with Gasteiger partial charge in [0.2, 0.25) is 0 Å². The molecule has 0 saturated carbocycles. The Hall–Kier alpha value is -1.45. The summed E-state index contributed by atoms with van der Waals surface area (Å²) < 4.78 is 3.51. The van der Waals surface area contributed by atoms with Crippen molar-refractivity contribution in [2.24, 2.45) is 0 Å². The lowest BCUT2D eigenvalue weighted by Crippen LogP contribution is -2.11. The summed E-state index contributed by atoms with van der Waals surface area (Å²) in [4.78, 5) is 0. The van der Waals surface area contributed by atoms with Gasteiger partial charge in [-0.1, -0.05) is 35.9 Å². The van der Waals surface area contributed by atoms with E-state index >= 15 is 0 Å². The molecule has 0 bridgehead atoms. The Labute approximate surface area is 137 Å². The number of rotatable bonds is 4. The fraction of sp³-hybridized carbons (Fsp3) is 0.176. The van der Waals surface area contributed by atoms with E-state index in [0.29, 0.717) is 0 Å². The van der Waals surface area contributed by atoms with Crippen LogP contribution in [0.5, 0.6) is 0 Å². The van der Waals surface area contributed by atoms with Crippen LogP contribution in [0.4, 0.5) is 5.69 Å². The number of fused-ring (bicyclic) bond motifs is 1. The predicted molar refractivity (Wildman–Crippen MR) is 94.3 cm³/mol. The highest BCUT2D eigenvalue weighted by molar-refractivity contribution is 9.10. The first-order valence-electron chi connectivity index (χ1n) is 6.89. The van der Waals surface area contributed by atoms with E-state index in [2.05, 4.69) is 57.0 Å². The number of benzene rings is 2. The molecule has 0 unspecified atom stereocenters. The largest absolute Gasteiger partial charge is 0.383 e. The molecular weight excluding hydrogens is 348 g/mol. The number of para-hydroxylation sites is 1. The molecule has 3 aromatic rings. The fourth-order valence-corrected chi connectivity index (χ4v) is 3.33. The van der Waals surface area contributed by atoms with Crippen LogP contribution in [0.1, 0.15) is 5.69 Å². The lowest BCUT2D eigenvalue weighted by Gasteiger charge is -2.11. The Balaban J connectivity index is 1.78. The molecule has 3 rings (SSSR count). The van der Waals surface area contributed by atoms with Crippen molar-refractivity contribution in [2.45, 2.75) is 13.5 Å². The number of hydrogen-bond acceptors (Lipinski definition) is 1. The van der Waals surface area contributed by atoms with E-state index < -0.39 is 0 Å². The maximum Gasteiger partial charge on any atom is 0.0494 e. The van der Waals surface area contributed by atoms with Gasteiger partial charge < -0.3 is 9.88 Å². The minimum Gasteiger partial charge on any atom is -0.383 e. The van der Waals surface area contributed by atoms with Crippen molar-refractivity contribution in [3.63, 3.8) is 0 Å². The van der Waals surface area contributed by atoms with Crippen LogP contribution in [0, 0.1) is 6.92 Å². The average molecular weight is 364 g/mol. The molecule has 2 nitrogen and oxygen atoms in total. The van der Waals surface area contributed by atoms with Gasteiger partial charge in [-0.15, -0.1) is 0 Å². The molecule has 1 aromatic heterocycles. The number of aromatic nitrogens is 1. The van der Waals surface area contributed by atoms with Gasteiger partial charge in [-0.2, -0.15) is 0 Å². The smallest absolute Gasteiger partial charge is 0.0494 e. The monoisotopic (exact) mass is 362 g/mol. The zero-order valence-corrected chi connectivity index (χ0v) is 14.1. The standard InChI is InChI=1S/C17H16BrClN2/c1-12-17(18)15-7-2-3-8-16(15)21(12)10-9-20-14-6-4-5-13(19)11-14/h2-8,11,20H,9-10H2,1H3. The molecule has 2 aromatic carbocycles. The van der Waals surface area contributed by atoms with E-state index in [1.54, 1.807) is 0 Å². The first-order valence-corrected chi connectivity index (χ1v) is 8.06. The van der Waals surface area contributed by atoms with Crippen molar-refractivity contribution in [1.82, 2.24) is 4.57 Å². The Bertz CT molecular complexity index is 780. The van der Waals surface area contributed by atoms with E-state index in [9.17, 15) is 0 Å². The molecule has 0 aliphatic rings. The van der Waals surface area contributed by atoms with Crippen LogP contribution in [0.2, 0.25) is 5.02 Å². The van der Waals surface area contributed by atoms with Gasteiger partial charge in [0.05, 0.1) is 0 Å². The van der Waals surface area contributed by atoms with Crippen molar-refractivity contribution in [3.05, 3.63) is 63.7 Å². The zero-order valence-electron chi connectivity index (χ0n) is 11.7. The Morgan fingerprint density at radius 3 is 2.76 bits per heavy atom. The summed E-state index contributed by atoms with van der Waals surface area (Å²) in [6.45, 7) is 3.90. The van der Waals surface area contributed by atoms with Gasteiger partial charge in [0.15, 0.2) is 0 Å². The molecular formula is C17H16BrClN2. The summed E-state index contributed by atoms with van der Waals surface area (Å²) >= 11 is 9.69. The minimum absolute atomic E-state index is 0.755. The minimum atomic E-state index is 0.755. The summed E-state index contributed by atoms with van der Waals surface area (Å²) in [5, 5.41) is 5.43. The van der Waals surface area contributed by atoms with Gasteiger partial charge in [0.25, 0.3) is 0 Å². The summed E-state index contributed by atoms with van der Waals surface area (Å²) in [6.07, 6.45) is 0. The molecule has 0 fully saturated rings. The molecule has 108 valence electrons. The SMILES string of the molecule is Cc1c(Br)c2ccccc2n1CCNc1cccc(Cl)c1. The van der Waals surface area contributed by atoms with Crippen molar-refractivity contribution in [2.75, 3.05) is 11.9 Å². The van der Waals surface area contributed by atoms with Crippen molar-refractivity contribution < 1.29 is 0 Å². The number of hydrogen-bond donors (Lipinski definition) is 1. The van der Waals surface area contributed by atoms with Crippen molar-refractivity contribution >= 4 is 44.1 Å². The molecule has 0 radical (unpaired) electrons. The van der Waals surface area contributed by atoms with Crippen LogP contribution in [-0.2, 0) is 6.54 Å². The van der Waals surface area contributed by atoms with Gasteiger partial charge in [0.1, 0.15) is 0 Å². The maximum atomic E-state index is 6.00. The van der Waals surface area contributed by atoms with Crippen molar-refractivity contribution in [3.8, 4) is 0 Å². The Morgan fingerprint density at radius 1 is 1.14 bits per heavy atom. The third-order valence-corrected chi connectivity index (χ3v) is 4.88. The molecule has 0 saturated heterocycles. The van der Waals surface area contributed by atoms with E-state index in [-0.39, 0.29) is 0 Å². The second-order valence-corrected chi connectivity index (χ2v) is 6.23. The highest BCUT2D eigenvalue weighted by atomic mass is 79.9. The third-order valence-electron chi connectivity index (χ3n) is 3.64. The van der Waals surface area contributed by atoms with Crippen LogP contribution in [0.3, 0.4) is 0 Å². The maximum absolute atomic E-state index is 6.00. The fourth-order valence-electron chi connectivity index (χ4n) is 2.59. The second-order valence-electron chi connectivity index (χ2n) is 5.01. The summed E-state index contributed by atoms with van der Waals surface area (Å²) in [5.41, 5.74) is 3.56. The average Bonchev–Trinajstić information content (AvgIpc) is 2.73. The highest BCUT2D eigenvalue weighted by Crippen LogP contribution is 2.30. The normalized spacial score (nSPS) is 11.0. The zero-order chi connectivity index (χ0) is 14.8. The van der Waals surface area contributed by atoms with Gasteiger partial charge in [0, 0.05) is 44.9 Å². The number of halogens is 2. The van der Waals surface area contributed by atoms with E-state index in [1.165, 1.54) is 21.1 Å². The summed E-state index contributed by atoms with van der Waals surface area (Å²) in [7, 11) is 0. The molecule has 1 N–H and O–H groups in total. The van der Waals surface area contributed by atoms with Crippen LogP contribution < -0.4 is 5.32 Å². The number of nitrogens with one attached hydrogen (secondary N) is 1. The van der Waals surface area contributed by atoms with Crippen LogP contribution in [0.25, 0.3) is 10.9 Å². The topological polar surface area (TPSA) is 17.0 Å². The Kier molecular flexibility index (Phi) is 4.22. The van der Waals surface area contributed by atoms with Crippen LogP contribution in [0.15, 0.2) is 53.0 Å². The van der Waals surface area contributed by atoms with Gasteiger partial charge >= 0.3 is 0 Å². The summed E-state index contributed by atoms with van der Waals surface area (Å²) in [5.74, 6) is 0. The first kappa shape index (κ1) is 14.5. The molecule has 4 heteroatoms. The molecule has 0 aliphatic carbocycles. The number of nitrogens with zero attached hydrogens (tertiary/aromatic N) is 1. The lowest BCUT2D eigenvalue weighted by atomic mass is 10.2. The summed E-state index contributed by atoms with van der Waals surface area (Å²) in [6, 6.07) is 16.3. The third kappa shape index (κ3) is 2.94. The van der Waals surface area contributed by atoms with Gasteiger partial charge in [-0.05, 0) is 47.1 Å². The van der Waals surface area contributed by atoms with E-state index in [4.69, 9.17) is 11.6 Å². The molecule has 21 heavy (non-hydrogen) atoms. The molecule has 1 heterocycles. The van der Waals surface area contributed by atoms with Gasteiger partial charge in [-0.25, -0.2) is 0 Å². The quantitative estimate of drug-likeness (QED) is 0.649. The van der Waals surface area contributed by atoms with Crippen molar-refractivity contribution in [1.29, 1.82) is 0 Å². The molecule has 0 aliphatic heterocycles. The molecule has 0 amide bonds. The lowest BCUT2D eigenvalue weighted by molar-refractivity contribution is 0.733. The van der Waals surface area contributed by atoms with Gasteiger partial charge in [-0.3, -0.25) is 0 Å². The highest BCUT2D eigenvalue weighted by Gasteiger charge is 2.10. The number of anilines is 1. The Morgan fingerprint density at radius 2 is 1.95 bits per heavy atom. The molecule has 0 atom stereocenters. The van der Waals surface area contributed by atoms with Crippen LogP contribution in [-0.4, -0.2) is 11.1 Å². The van der Waals surface area contributed by atoms with Crippen LogP contribution >= 0.6 is 27.5 Å². The van der Waals surface area contributed by atoms with E-state index in [0.717, 1.165) is 23.8 Å².